The lowest BCUT2D eigenvalue weighted by atomic mass is 9.81. The summed E-state index contributed by atoms with van der Waals surface area (Å²) in [6, 6.07) is 0. The van der Waals surface area contributed by atoms with Crippen molar-refractivity contribution in [2.45, 2.75) is 57.8 Å². The SMILES string of the molecule is CC(C)(C)OC(=O)N1CC2(CC(C(C)(C)O)CO2)C1. The van der Waals surface area contributed by atoms with Gasteiger partial charge in [0, 0.05) is 5.92 Å². The average Bonchev–Trinajstić information content (AvgIpc) is 2.55. The lowest BCUT2D eigenvalue weighted by Crippen LogP contribution is -2.64. The zero-order valence-electron chi connectivity index (χ0n) is 12.5. The first-order valence-electron chi connectivity index (χ1n) is 6.85. The van der Waals surface area contributed by atoms with E-state index in [0.29, 0.717) is 19.7 Å². The zero-order chi connectivity index (χ0) is 14.5. The van der Waals surface area contributed by atoms with E-state index in [2.05, 4.69) is 0 Å². The van der Waals surface area contributed by atoms with Gasteiger partial charge in [0.15, 0.2) is 0 Å². The third-order valence-corrected chi connectivity index (χ3v) is 3.82. The van der Waals surface area contributed by atoms with Gasteiger partial charge in [-0.15, -0.1) is 0 Å². The molecule has 0 aromatic rings. The third-order valence-electron chi connectivity index (χ3n) is 3.82. The number of hydrogen-bond donors (Lipinski definition) is 1. The molecule has 2 rings (SSSR count). The molecule has 5 nitrogen and oxygen atoms in total. The van der Waals surface area contributed by atoms with Crippen LogP contribution in [0.2, 0.25) is 0 Å². The number of carbonyl (C=O) groups excluding carboxylic acids is 1. The van der Waals surface area contributed by atoms with Gasteiger partial charge in [-0.3, -0.25) is 0 Å². The molecule has 0 bridgehead atoms. The van der Waals surface area contributed by atoms with Crippen LogP contribution in [0.5, 0.6) is 0 Å². The Morgan fingerprint density at radius 1 is 1.32 bits per heavy atom. The van der Waals surface area contributed by atoms with Gasteiger partial charge in [-0.25, -0.2) is 4.79 Å². The quantitative estimate of drug-likeness (QED) is 0.790. The van der Waals surface area contributed by atoms with Crippen LogP contribution in [-0.4, -0.2) is 52.6 Å². The minimum Gasteiger partial charge on any atom is -0.444 e. The van der Waals surface area contributed by atoms with Crippen molar-refractivity contribution in [3.63, 3.8) is 0 Å². The molecule has 2 heterocycles. The Bertz CT molecular complexity index is 361. The zero-order valence-corrected chi connectivity index (χ0v) is 12.5. The van der Waals surface area contributed by atoms with Gasteiger partial charge in [0.05, 0.1) is 25.3 Å². The summed E-state index contributed by atoms with van der Waals surface area (Å²) in [7, 11) is 0. The van der Waals surface area contributed by atoms with Crippen LogP contribution in [0.15, 0.2) is 0 Å². The summed E-state index contributed by atoms with van der Waals surface area (Å²) in [5.74, 6) is 0.133. The van der Waals surface area contributed by atoms with Crippen LogP contribution in [0, 0.1) is 5.92 Å². The Morgan fingerprint density at radius 3 is 2.32 bits per heavy atom. The normalized spacial score (nSPS) is 26.4. The highest BCUT2D eigenvalue weighted by Crippen LogP contribution is 2.41. The topological polar surface area (TPSA) is 59.0 Å². The van der Waals surface area contributed by atoms with Gasteiger partial charge in [-0.1, -0.05) is 0 Å². The van der Waals surface area contributed by atoms with E-state index in [-0.39, 0.29) is 17.6 Å². The molecule has 110 valence electrons. The van der Waals surface area contributed by atoms with Crippen LogP contribution in [0.25, 0.3) is 0 Å². The maximum Gasteiger partial charge on any atom is 0.410 e. The van der Waals surface area contributed by atoms with E-state index >= 15 is 0 Å². The summed E-state index contributed by atoms with van der Waals surface area (Å²) in [5.41, 5.74) is -1.45. The summed E-state index contributed by atoms with van der Waals surface area (Å²) >= 11 is 0. The Morgan fingerprint density at radius 2 is 1.89 bits per heavy atom. The van der Waals surface area contributed by atoms with Gasteiger partial charge in [0.25, 0.3) is 0 Å². The van der Waals surface area contributed by atoms with E-state index in [1.165, 1.54) is 0 Å². The Labute approximate surface area is 114 Å². The minimum absolute atomic E-state index is 0.133. The number of ether oxygens (including phenoxy) is 2. The monoisotopic (exact) mass is 271 g/mol. The number of carbonyl (C=O) groups is 1. The standard InChI is InChI=1S/C14H25NO4/c1-12(2,3)19-11(16)15-8-14(9-15)6-10(7-18-14)13(4,5)17/h10,17H,6-9H2,1-5H3. The second kappa shape index (κ2) is 4.35. The van der Waals surface area contributed by atoms with E-state index in [1.54, 1.807) is 4.90 Å². The lowest BCUT2D eigenvalue weighted by molar-refractivity contribution is -0.109. The fourth-order valence-electron chi connectivity index (χ4n) is 2.62. The largest absolute Gasteiger partial charge is 0.444 e. The number of nitrogens with zero attached hydrogens (tertiary/aromatic N) is 1. The van der Waals surface area contributed by atoms with Crippen molar-refractivity contribution in [1.29, 1.82) is 0 Å². The second-order valence-electron chi connectivity index (χ2n) is 7.39. The molecule has 2 saturated heterocycles. The Hall–Kier alpha value is -0.810. The van der Waals surface area contributed by atoms with E-state index in [4.69, 9.17) is 9.47 Å². The molecule has 2 aliphatic rings. The Kier molecular flexibility index (Phi) is 3.34. The van der Waals surface area contributed by atoms with E-state index in [1.807, 2.05) is 34.6 Å². The van der Waals surface area contributed by atoms with Gasteiger partial charge in [-0.05, 0) is 41.0 Å². The summed E-state index contributed by atoms with van der Waals surface area (Å²) < 4.78 is 11.1. The van der Waals surface area contributed by atoms with Crippen molar-refractivity contribution >= 4 is 6.09 Å². The van der Waals surface area contributed by atoms with E-state index < -0.39 is 11.2 Å². The fourth-order valence-corrected chi connectivity index (χ4v) is 2.62. The van der Waals surface area contributed by atoms with Crippen molar-refractivity contribution in [1.82, 2.24) is 4.90 Å². The first-order valence-corrected chi connectivity index (χ1v) is 6.85. The smallest absolute Gasteiger partial charge is 0.410 e. The highest BCUT2D eigenvalue weighted by atomic mass is 16.6. The van der Waals surface area contributed by atoms with Crippen LogP contribution < -0.4 is 0 Å². The molecular formula is C14H25NO4. The molecule has 1 amide bonds. The summed E-state index contributed by atoms with van der Waals surface area (Å²) in [4.78, 5) is 13.5. The molecule has 5 heteroatoms. The molecule has 0 aromatic carbocycles. The predicted molar refractivity (Wildman–Crippen MR) is 70.9 cm³/mol. The molecule has 0 saturated carbocycles. The molecule has 1 unspecified atom stereocenters. The fraction of sp³-hybridized carbons (Fsp3) is 0.929. The second-order valence-corrected chi connectivity index (χ2v) is 7.39. The molecule has 1 N–H and O–H groups in total. The van der Waals surface area contributed by atoms with Crippen LogP contribution in [-0.2, 0) is 9.47 Å². The lowest BCUT2D eigenvalue weighted by Gasteiger charge is -2.47. The van der Waals surface area contributed by atoms with Crippen molar-refractivity contribution < 1.29 is 19.4 Å². The molecule has 1 spiro atoms. The first kappa shape index (κ1) is 14.6. The van der Waals surface area contributed by atoms with Gasteiger partial charge in [0.1, 0.15) is 11.2 Å². The summed E-state index contributed by atoms with van der Waals surface area (Å²) in [5, 5.41) is 10.0. The molecule has 0 aromatic heterocycles. The highest BCUT2D eigenvalue weighted by Gasteiger charge is 2.54. The highest BCUT2D eigenvalue weighted by molar-refractivity contribution is 5.69. The van der Waals surface area contributed by atoms with Gasteiger partial charge in [-0.2, -0.15) is 0 Å². The van der Waals surface area contributed by atoms with E-state index in [9.17, 15) is 9.90 Å². The van der Waals surface area contributed by atoms with Crippen LogP contribution in [0.4, 0.5) is 4.79 Å². The molecular weight excluding hydrogens is 246 g/mol. The summed E-state index contributed by atoms with van der Waals surface area (Å²) in [6.07, 6.45) is 0.518. The van der Waals surface area contributed by atoms with Gasteiger partial charge in [0.2, 0.25) is 0 Å². The number of hydrogen-bond acceptors (Lipinski definition) is 4. The molecule has 1 atom stereocenters. The number of aliphatic hydroxyl groups is 1. The molecule has 2 fully saturated rings. The van der Waals surface area contributed by atoms with Crippen molar-refractivity contribution in [2.75, 3.05) is 19.7 Å². The molecule has 2 aliphatic heterocycles. The van der Waals surface area contributed by atoms with Crippen molar-refractivity contribution in [3.8, 4) is 0 Å². The van der Waals surface area contributed by atoms with Crippen LogP contribution >= 0.6 is 0 Å². The molecule has 0 aliphatic carbocycles. The van der Waals surface area contributed by atoms with Crippen LogP contribution in [0.1, 0.15) is 41.0 Å². The van der Waals surface area contributed by atoms with Crippen molar-refractivity contribution in [2.24, 2.45) is 5.92 Å². The molecule has 0 radical (unpaired) electrons. The maximum atomic E-state index is 11.9. The summed E-state index contributed by atoms with van der Waals surface area (Å²) in [6.45, 7) is 10.9. The molecule has 19 heavy (non-hydrogen) atoms. The van der Waals surface area contributed by atoms with Crippen molar-refractivity contribution in [3.05, 3.63) is 0 Å². The number of amides is 1. The Balaban J connectivity index is 1.85. The third kappa shape index (κ3) is 3.20. The van der Waals surface area contributed by atoms with E-state index in [0.717, 1.165) is 6.42 Å². The van der Waals surface area contributed by atoms with Gasteiger partial charge < -0.3 is 19.5 Å². The predicted octanol–water partition coefficient (Wildman–Crippen LogP) is 1.78. The average molecular weight is 271 g/mol. The number of likely N-dealkylation sites (tertiary alicyclic amines) is 1. The minimum atomic E-state index is -0.726. The van der Waals surface area contributed by atoms with Crippen LogP contribution in [0.3, 0.4) is 0 Å². The van der Waals surface area contributed by atoms with Gasteiger partial charge >= 0.3 is 6.09 Å². The first-order chi connectivity index (χ1) is 8.51. The maximum absolute atomic E-state index is 11.9. The number of rotatable bonds is 1.